The van der Waals surface area contributed by atoms with E-state index in [0.717, 1.165) is 45.5 Å². The molecule has 0 aromatic carbocycles. The fourth-order valence-corrected chi connectivity index (χ4v) is 2.16. The van der Waals surface area contributed by atoms with Crippen LogP contribution in [0.2, 0.25) is 0 Å². The predicted octanol–water partition coefficient (Wildman–Crippen LogP) is 1.39. The van der Waals surface area contributed by atoms with E-state index in [1.54, 1.807) is 0 Å². The van der Waals surface area contributed by atoms with Crippen molar-refractivity contribution in [1.29, 1.82) is 0 Å². The molecule has 2 N–H and O–H groups in total. The molecule has 1 amide bonds. The molecule has 4 heteroatoms. The normalized spacial score (nSPS) is 22.6. The molecule has 0 aromatic rings. The third kappa shape index (κ3) is 6.03. The molecule has 0 saturated carbocycles. The second-order valence-corrected chi connectivity index (χ2v) is 5.86. The number of amides is 1. The van der Waals surface area contributed by atoms with Crippen LogP contribution in [0.4, 0.5) is 0 Å². The van der Waals surface area contributed by atoms with Gasteiger partial charge in [0.15, 0.2) is 0 Å². The molecule has 1 heterocycles. The summed E-state index contributed by atoms with van der Waals surface area (Å²) in [7, 11) is 0. The number of ether oxygens (including phenoxy) is 1. The summed E-state index contributed by atoms with van der Waals surface area (Å²) in [5, 5.41) is 0. The summed E-state index contributed by atoms with van der Waals surface area (Å²) >= 11 is 0. The number of piperidine rings is 1. The van der Waals surface area contributed by atoms with Gasteiger partial charge in [-0.05, 0) is 46.6 Å². The van der Waals surface area contributed by atoms with Crippen molar-refractivity contribution in [3.63, 3.8) is 0 Å². The highest BCUT2D eigenvalue weighted by atomic mass is 16.5. The van der Waals surface area contributed by atoms with Crippen LogP contribution in [0.1, 0.15) is 40.0 Å². The number of hydrogen-bond donors (Lipinski definition) is 1. The summed E-state index contributed by atoms with van der Waals surface area (Å²) in [4.78, 5) is 13.5. The zero-order valence-electron chi connectivity index (χ0n) is 11.4. The van der Waals surface area contributed by atoms with Gasteiger partial charge in [-0.2, -0.15) is 0 Å². The molecule has 0 aromatic heterocycles. The Morgan fingerprint density at radius 1 is 1.47 bits per heavy atom. The smallest absolute Gasteiger partial charge is 0.221 e. The molecule has 0 bridgehead atoms. The quantitative estimate of drug-likeness (QED) is 0.741. The lowest BCUT2D eigenvalue weighted by Gasteiger charge is -2.31. The summed E-state index contributed by atoms with van der Waals surface area (Å²) in [5.41, 5.74) is 5.29. The number of nitrogens with zero attached hydrogens (tertiary/aromatic N) is 1. The van der Waals surface area contributed by atoms with Crippen LogP contribution in [-0.2, 0) is 9.53 Å². The van der Waals surface area contributed by atoms with Gasteiger partial charge in [-0.15, -0.1) is 0 Å². The van der Waals surface area contributed by atoms with Crippen molar-refractivity contribution in [1.82, 2.24) is 4.90 Å². The summed E-state index contributed by atoms with van der Waals surface area (Å²) in [6.07, 6.45) is 3.04. The van der Waals surface area contributed by atoms with E-state index >= 15 is 0 Å². The second-order valence-electron chi connectivity index (χ2n) is 5.86. The van der Waals surface area contributed by atoms with E-state index in [-0.39, 0.29) is 17.4 Å². The number of carbonyl (C=O) groups excluding carboxylic acids is 1. The summed E-state index contributed by atoms with van der Waals surface area (Å²) in [6.45, 7) is 9.89. The van der Waals surface area contributed by atoms with Crippen LogP contribution in [0.3, 0.4) is 0 Å². The van der Waals surface area contributed by atoms with Gasteiger partial charge in [-0.25, -0.2) is 0 Å². The van der Waals surface area contributed by atoms with Gasteiger partial charge < -0.3 is 15.4 Å². The maximum absolute atomic E-state index is 11.1. The van der Waals surface area contributed by atoms with Crippen LogP contribution in [0, 0.1) is 5.92 Å². The van der Waals surface area contributed by atoms with Crippen molar-refractivity contribution >= 4 is 5.91 Å². The topological polar surface area (TPSA) is 55.6 Å². The Balaban J connectivity index is 2.17. The summed E-state index contributed by atoms with van der Waals surface area (Å²) in [5.74, 6) is -0.104. The minimum atomic E-state index is -0.152. The maximum atomic E-state index is 11.1. The van der Waals surface area contributed by atoms with E-state index in [0.29, 0.717) is 0 Å². The fraction of sp³-hybridized carbons (Fsp3) is 0.923. The van der Waals surface area contributed by atoms with Gasteiger partial charge in [0, 0.05) is 19.7 Å². The number of nitrogens with two attached hydrogens (primary N) is 1. The standard InChI is InChI=1S/C13H26N2O2/c1-13(2,3)17-9-5-8-15-7-4-6-11(10-15)12(14)16/h11H,4-10H2,1-3H3,(H2,14,16). The maximum Gasteiger partial charge on any atom is 0.221 e. The largest absolute Gasteiger partial charge is 0.376 e. The monoisotopic (exact) mass is 242 g/mol. The molecule has 17 heavy (non-hydrogen) atoms. The fourth-order valence-electron chi connectivity index (χ4n) is 2.16. The Labute approximate surface area is 104 Å². The van der Waals surface area contributed by atoms with Crippen molar-refractivity contribution in [2.75, 3.05) is 26.2 Å². The third-order valence-corrected chi connectivity index (χ3v) is 3.06. The molecule has 100 valence electrons. The Bertz CT molecular complexity index is 248. The molecule has 1 unspecified atom stereocenters. The van der Waals surface area contributed by atoms with Gasteiger partial charge in [-0.3, -0.25) is 4.79 Å². The first-order valence-corrected chi connectivity index (χ1v) is 6.54. The average molecular weight is 242 g/mol. The highest BCUT2D eigenvalue weighted by molar-refractivity contribution is 5.76. The zero-order valence-corrected chi connectivity index (χ0v) is 11.4. The molecule has 4 nitrogen and oxygen atoms in total. The first kappa shape index (κ1) is 14.5. The Hall–Kier alpha value is -0.610. The van der Waals surface area contributed by atoms with Crippen molar-refractivity contribution in [2.45, 2.75) is 45.6 Å². The molecule has 1 atom stereocenters. The van der Waals surface area contributed by atoms with Crippen molar-refractivity contribution in [2.24, 2.45) is 11.7 Å². The van der Waals surface area contributed by atoms with E-state index in [2.05, 4.69) is 25.7 Å². The van der Waals surface area contributed by atoms with Gasteiger partial charge in [0.1, 0.15) is 0 Å². The average Bonchev–Trinajstić information content (AvgIpc) is 2.23. The molecule has 1 rings (SSSR count). The molecular weight excluding hydrogens is 216 g/mol. The lowest BCUT2D eigenvalue weighted by molar-refractivity contribution is -0.123. The van der Waals surface area contributed by atoms with Crippen molar-refractivity contribution < 1.29 is 9.53 Å². The Morgan fingerprint density at radius 2 is 2.18 bits per heavy atom. The van der Waals surface area contributed by atoms with E-state index in [1.165, 1.54) is 0 Å². The molecule has 0 radical (unpaired) electrons. The highest BCUT2D eigenvalue weighted by Crippen LogP contribution is 2.16. The Kier molecular flexibility index (Phi) is 5.40. The minimum Gasteiger partial charge on any atom is -0.376 e. The van der Waals surface area contributed by atoms with Gasteiger partial charge in [-0.1, -0.05) is 0 Å². The number of carbonyl (C=O) groups is 1. The van der Waals surface area contributed by atoms with Crippen LogP contribution in [-0.4, -0.2) is 42.6 Å². The number of hydrogen-bond acceptors (Lipinski definition) is 3. The van der Waals surface area contributed by atoms with Crippen molar-refractivity contribution in [3.05, 3.63) is 0 Å². The molecule has 0 aliphatic carbocycles. The number of rotatable bonds is 5. The van der Waals surface area contributed by atoms with Gasteiger partial charge in [0.05, 0.1) is 11.5 Å². The lowest BCUT2D eigenvalue weighted by Crippen LogP contribution is -2.41. The minimum absolute atomic E-state index is 0.0484. The van der Waals surface area contributed by atoms with Crippen LogP contribution in [0.5, 0.6) is 0 Å². The Morgan fingerprint density at radius 3 is 2.76 bits per heavy atom. The number of primary amides is 1. The lowest BCUT2D eigenvalue weighted by atomic mass is 9.97. The molecule has 1 saturated heterocycles. The summed E-state index contributed by atoms with van der Waals surface area (Å²) in [6, 6.07) is 0. The molecule has 1 aliphatic rings. The van der Waals surface area contributed by atoms with E-state index in [9.17, 15) is 4.79 Å². The second kappa shape index (κ2) is 6.36. The van der Waals surface area contributed by atoms with Crippen LogP contribution in [0.25, 0.3) is 0 Å². The van der Waals surface area contributed by atoms with Crippen LogP contribution >= 0.6 is 0 Å². The van der Waals surface area contributed by atoms with E-state index < -0.39 is 0 Å². The predicted molar refractivity (Wildman–Crippen MR) is 68.7 cm³/mol. The van der Waals surface area contributed by atoms with Gasteiger partial charge in [0.2, 0.25) is 5.91 Å². The number of likely N-dealkylation sites (tertiary alicyclic amines) is 1. The first-order chi connectivity index (χ1) is 7.88. The van der Waals surface area contributed by atoms with Crippen LogP contribution in [0.15, 0.2) is 0 Å². The highest BCUT2D eigenvalue weighted by Gasteiger charge is 2.23. The molecule has 1 aliphatic heterocycles. The van der Waals surface area contributed by atoms with Crippen LogP contribution < -0.4 is 5.73 Å². The summed E-state index contributed by atoms with van der Waals surface area (Å²) < 4.78 is 5.68. The molecule has 1 fully saturated rings. The van der Waals surface area contributed by atoms with Crippen molar-refractivity contribution in [3.8, 4) is 0 Å². The SMILES string of the molecule is CC(C)(C)OCCCN1CCCC(C(N)=O)C1. The van der Waals surface area contributed by atoms with E-state index in [4.69, 9.17) is 10.5 Å². The van der Waals surface area contributed by atoms with Gasteiger partial charge in [0.25, 0.3) is 0 Å². The first-order valence-electron chi connectivity index (χ1n) is 6.54. The van der Waals surface area contributed by atoms with E-state index in [1.807, 2.05) is 0 Å². The van der Waals surface area contributed by atoms with Gasteiger partial charge >= 0.3 is 0 Å². The molecular formula is C13H26N2O2. The third-order valence-electron chi connectivity index (χ3n) is 3.06. The zero-order chi connectivity index (χ0) is 12.9. The molecule has 0 spiro atoms.